The Bertz CT molecular complexity index is 1860. The van der Waals surface area contributed by atoms with Crippen LogP contribution in [0.5, 0.6) is 5.75 Å². The number of aliphatic imine (C=N–C) groups is 2. The molecule has 236 valence electrons. The van der Waals surface area contributed by atoms with Crippen LogP contribution in [0.3, 0.4) is 0 Å². The molecule has 1 atom stereocenters. The van der Waals surface area contributed by atoms with E-state index in [4.69, 9.17) is 0 Å². The molecule has 0 spiro atoms. The average molecular weight is 657 g/mol. The van der Waals surface area contributed by atoms with Gasteiger partial charge in [0, 0.05) is 23.5 Å². The fourth-order valence-corrected chi connectivity index (χ4v) is 5.16. The molecule has 45 heavy (non-hydrogen) atoms. The van der Waals surface area contributed by atoms with Crippen LogP contribution < -0.4 is 5.32 Å². The summed E-state index contributed by atoms with van der Waals surface area (Å²) in [6, 6.07) is 18.7. The van der Waals surface area contributed by atoms with Crippen molar-refractivity contribution < 1.29 is 49.5 Å². The van der Waals surface area contributed by atoms with Crippen molar-refractivity contribution in [3.8, 4) is 5.75 Å². The van der Waals surface area contributed by atoms with Gasteiger partial charge in [-0.2, -0.15) is 30.7 Å². The first-order valence-electron chi connectivity index (χ1n) is 12.3. The molecule has 0 radical (unpaired) electrons. The number of anilines is 1. The van der Waals surface area contributed by atoms with Crippen molar-refractivity contribution in [3.05, 3.63) is 118 Å². The summed E-state index contributed by atoms with van der Waals surface area (Å²) in [5, 5.41) is 17.5. The van der Waals surface area contributed by atoms with Gasteiger partial charge in [0.05, 0.1) is 26.9 Å². The van der Waals surface area contributed by atoms with Gasteiger partial charge in [0.2, 0.25) is 0 Å². The molecule has 3 aromatic rings. The van der Waals surface area contributed by atoms with Crippen LogP contribution in [0.4, 0.5) is 47.8 Å². The van der Waals surface area contributed by atoms with Gasteiger partial charge in [0.25, 0.3) is 5.70 Å². The van der Waals surface area contributed by atoms with Crippen molar-refractivity contribution in [1.29, 1.82) is 0 Å². The van der Waals surface area contributed by atoms with E-state index in [1.54, 1.807) is 24.3 Å². The molecule has 0 saturated heterocycles. The van der Waals surface area contributed by atoms with E-state index < -0.39 is 54.0 Å². The highest BCUT2D eigenvalue weighted by molar-refractivity contribution is 8.00. The van der Waals surface area contributed by atoms with Gasteiger partial charge in [-0.25, -0.2) is 9.20 Å². The van der Waals surface area contributed by atoms with E-state index >= 15 is 0 Å². The second-order valence-electron chi connectivity index (χ2n) is 9.15. The Balaban J connectivity index is 1.88. The molecule has 0 heterocycles. The number of alkyl halides is 7. The minimum absolute atomic E-state index is 0.00218. The minimum Gasteiger partial charge on any atom is -0.507 e. The minimum atomic E-state index is -7.02. The monoisotopic (exact) mass is 656 g/mol. The van der Waals surface area contributed by atoms with Crippen molar-refractivity contribution in [1.82, 2.24) is 0 Å². The molecule has 0 fully saturated rings. The van der Waals surface area contributed by atoms with Gasteiger partial charge in [-0.3, -0.25) is 15.1 Å². The molecule has 0 amide bonds. The average Bonchev–Trinajstić information content (AvgIpc) is 2.97. The number of para-hydroxylation sites is 2. The molecular formula is C28H19F7N4O5S. The zero-order valence-electron chi connectivity index (χ0n) is 22.3. The maximum Gasteiger partial charge on any atom is 0.461 e. The first kappa shape index (κ1) is 32.9. The molecule has 3 aromatic carbocycles. The largest absolute Gasteiger partial charge is 0.507 e. The number of allylic oxidation sites excluding steroid dienone is 2. The summed E-state index contributed by atoms with van der Waals surface area (Å²) >= 11 is 0. The van der Waals surface area contributed by atoms with Crippen molar-refractivity contribution in [2.24, 2.45) is 9.98 Å². The number of halogens is 7. The SMILES string of the molecule is O=[N+]([O-])C1=CC(=S(=O)(O)C(F)(F)C(F)(F)C(F)(F)F)C(=Nc2ccc(N=Cc3ccccc3O)cc2)C=C1Nc1ccccc1. The van der Waals surface area contributed by atoms with Crippen LogP contribution in [0.15, 0.2) is 112 Å². The Morgan fingerprint density at radius 2 is 1.42 bits per heavy atom. The lowest BCUT2D eigenvalue weighted by atomic mass is 10.1. The summed E-state index contributed by atoms with van der Waals surface area (Å²) in [5.74, 6) is -7.09. The molecule has 9 nitrogen and oxygen atoms in total. The second-order valence-corrected chi connectivity index (χ2v) is 11.1. The predicted molar refractivity (Wildman–Crippen MR) is 154 cm³/mol. The molecule has 0 saturated carbocycles. The highest BCUT2D eigenvalue weighted by Crippen LogP contribution is 2.49. The summed E-state index contributed by atoms with van der Waals surface area (Å²) in [6.45, 7) is 0. The van der Waals surface area contributed by atoms with Gasteiger partial charge >= 0.3 is 17.4 Å². The van der Waals surface area contributed by atoms with Gasteiger partial charge in [-0.1, -0.05) is 30.3 Å². The number of phenols is 1. The summed E-state index contributed by atoms with van der Waals surface area (Å²) < 4.78 is 119. The lowest BCUT2D eigenvalue weighted by molar-refractivity contribution is -0.420. The van der Waals surface area contributed by atoms with E-state index in [-0.39, 0.29) is 28.9 Å². The van der Waals surface area contributed by atoms with Crippen molar-refractivity contribution in [2.45, 2.75) is 17.4 Å². The highest BCUT2D eigenvalue weighted by atomic mass is 32.2. The standard InChI is InChI=1S/C28H19F7N4O5S/c29-26(30,27(31,32)33)28(34,35)45(43,44)25-15-23(39(41)42)21(37-19-7-2-1-3-8-19)14-22(25)38-20-12-10-18(11-13-20)36-16-17-6-4-5-9-24(17)40/h1-16,37,40H,(H,43,44). The molecular weight excluding hydrogens is 637 g/mol. The molecule has 4 rings (SSSR count). The summed E-state index contributed by atoms with van der Waals surface area (Å²) in [4.78, 5) is 16.8. The Labute approximate surface area is 249 Å². The topological polar surface area (TPSA) is 137 Å². The molecule has 0 bridgehead atoms. The van der Waals surface area contributed by atoms with Crippen LogP contribution in [0, 0.1) is 10.1 Å². The molecule has 1 aliphatic rings. The third kappa shape index (κ3) is 6.58. The van der Waals surface area contributed by atoms with Crippen molar-refractivity contribution in [3.63, 3.8) is 0 Å². The third-order valence-electron chi connectivity index (χ3n) is 6.08. The van der Waals surface area contributed by atoms with E-state index in [0.29, 0.717) is 11.6 Å². The number of aromatic hydroxyl groups is 1. The maximum absolute atomic E-state index is 14.7. The normalized spacial score (nSPS) is 16.7. The zero-order valence-corrected chi connectivity index (χ0v) is 23.1. The molecule has 1 aliphatic carbocycles. The molecule has 1 unspecified atom stereocenters. The second kappa shape index (κ2) is 12.2. The number of hydrogen-bond donors (Lipinski definition) is 3. The Kier molecular flexibility index (Phi) is 8.88. The smallest absolute Gasteiger partial charge is 0.461 e. The number of nitrogens with zero attached hydrogens (tertiary/aromatic N) is 3. The van der Waals surface area contributed by atoms with Crippen LogP contribution in [0.2, 0.25) is 0 Å². The van der Waals surface area contributed by atoms with Gasteiger partial charge in [0.1, 0.15) is 11.4 Å². The summed E-state index contributed by atoms with van der Waals surface area (Å²) in [6.07, 6.45) is -5.06. The lowest BCUT2D eigenvalue weighted by Crippen LogP contribution is -2.57. The first-order chi connectivity index (χ1) is 21.0. The van der Waals surface area contributed by atoms with Crippen molar-refractivity contribution >= 4 is 43.7 Å². The quantitative estimate of drug-likeness (QED) is 0.0778. The number of benzene rings is 3. The van der Waals surface area contributed by atoms with Gasteiger partial charge in [-0.05, 0) is 54.6 Å². The van der Waals surface area contributed by atoms with Crippen LogP contribution in [0.1, 0.15) is 5.56 Å². The first-order valence-corrected chi connectivity index (χ1v) is 13.8. The summed E-state index contributed by atoms with van der Waals surface area (Å²) in [5.41, 5.74) is -2.14. The zero-order chi connectivity index (χ0) is 33.2. The number of nitrogens with one attached hydrogen (secondary N) is 1. The Morgan fingerprint density at radius 3 is 2.00 bits per heavy atom. The number of rotatable bonds is 8. The van der Waals surface area contributed by atoms with Crippen LogP contribution in [-0.2, 0) is 9.80 Å². The molecule has 17 heteroatoms. The van der Waals surface area contributed by atoms with Crippen LogP contribution in [-0.4, -0.2) is 52.9 Å². The van der Waals surface area contributed by atoms with E-state index in [1.165, 1.54) is 60.8 Å². The van der Waals surface area contributed by atoms with Crippen LogP contribution in [0.25, 0.3) is 0 Å². The summed E-state index contributed by atoms with van der Waals surface area (Å²) in [7, 11) is -6.75. The fraction of sp³-hybridized carbons (Fsp3) is 0.107. The third-order valence-corrected chi connectivity index (χ3v) is 7.96. The molecule has 0 aromatic heterocycles. The fourth-order valence-electron chi connectivity index (χ4n) is 3.76. The molecule has 3 N–H and O–H groups in total. The Morgan fingerprint density at radius 1 is 0.844 bits per heavy atom. The van der Waals surface area contributed by atoms with E-state index in [0.717, 1.165) is 0 Å². The van der Waals surface area contributed by atoms with E-state index in [2.05, 4.69) is 15.3 Å². The number of phenolic OH excluding ortho intramolecular Hbond substituents is 1. The molecule has 0 aliphatic heterocycles. The maximum atomic E-state index is 14.7. The number of hydrogen-bond acceptors (Lipinski definition) is 7. The van der Waals surface area contributed by atoms with Crippen LogP contribution >= 0.6 is 0 Å². The predicted octanol–water partition coefficient (Wildman–Crippen LogP) is 7.11. The van der Waals surface area contributed by atoms with Crippen molar-refractivity contribution in [2.75, 3.05) is 5.32 Å². The number of nitro groups is 1. The lowest BCUT2D eigenvalue weighted by Gasteiger charge is -2.30. The van der Waals surface area contributed by atoms with E-state index in [9.17, 15) is 54.7 Å². The highest BCUT2D eigenvalue weighted by Gasteiger charge is 2.77. The van der Waals surface area contributed by atoms with E-state index in [1.807, 2.05) is 0 Å². The van der Waals surface area contributed by atoms with Gasteiger partial charge < -0.3 is 15.0 Å². The van der Waals surface area contributed by atoms with Gasteiger partial charge in [-0.15, -0.1) is 0 Å². The van der Waals surface area contributed by atoms with Gasteiger partial charge in [0.15, 0.2) is 9.80 Å². The Hall–Kier alpha value is -5.03.